The maximum atomic E-state index is 12.5. The first-order valence-corrected chi connectivity index (χ1v) is 11.0. The molecular formula is C21H24Br2N2O4. The van der Waals surface area contributed by atoms with Crippen LogP contribution in [0.5, 0.6) is 11.5 Å². The molecule has 29 heavy (non-hydrogen) atoms. The molecule has 2 rings (SSSR count). The molecule has 0 aliphatic carbocycles. The molecule has 0 radical (unpaired) electrons. The maximum absolute atomic E-state index is 12.5. The third-order valence-electron chi connectivity index (χ3n) is 3.94. The number of hydrazine groups is 1. The third kappa shape index (κ3) is 8.45. The van der Waals surface area contributed by atoms with Gasteiger partial charge in [0.1, 0.15) is 11.5 Å². The average molecular weight is 528 g/mol. The molecule has 0 saturated heterocycles. The largest absolute Gasteiger partial charge is 0.493 e. The molecule has 0 atom stereocenters. The minimum atomic E-state index is -0.474. The zero-order valence-corrected chi connectivity index (χ0v) is 19.3. The first-order chi connectivity index (χ1) is 14.0. The average Bonchev–Trinajstić information content (AvgIpc) is 2.72. The lowest BCUT2D eigenvalue weighted by atomic mass is 10.2. The minimum absolute atomic E-state index is 0.221. The topological polar surface area (TPSA) is 76.7 Å². The van der Waals surface area contributed by atoms with Crippen LogP contribution in [0.1, 0.15) is 43.0 Å². The second kappa shape index (κ2) is 12.5. The Morgan fingerprint density at radius 2 is 1.62 bits per heavy atom. The van der Waals surface area contributed by atoms with Gasteiger partial charge in [0.25, 0.3) is 11.8 Å². The summed E-state index contributed by atoms with van der Waals surface area (Å²) in [6.07, 6.45) is 4.32. The first kappa shape index (κ1) is 23.2. The summed E-state index contributed by atoms with van der Waals surface area (Å²) in [7, 11) is 0. The quantitative estimate of drug-likeness (QED) is 0.336. The number of benzene rings is 2. The molecule has 0 aliphatic rings. The normalized spacial score (nSPS) is 10.3. The van der Waals surface area contributed by atoms with Gasteiger partial charge in [0, 0.05) is 8.95 Å². The van der Waals surface area contributed by atoms with Crippen molar-refractivity contribution >= 4 is 43.7 Å². The van der Waals surface area contributed by atoms with Gasteiger partial charge in [-0.15, -0.1) is 0 Å². The summed E-state index contributed by atoms with van der Waals surface area (Å²) in [6.45, 7) is 2.47. The van der Waals surface area contributed by atoms with Crippen LogP contribution in [-0.2, 0) is 4.79 Å². The van der Waals surface area contributed by atoms with E-state index in [4.69, 9.17) is 9.47 Å². The van der Waals surface area contributed by atoms with E-state index in [0.29, 0.717) is 23.7 Å². The van der Waals surface area contributed by atoms with Crippen molar-refractivity contribution in [3.63, 3.8) is 0 Å². The van der Waals surface area contributed by atoms with E-state index in [1.54, 1.807) is 24.3 Å². The SMILES string of the molecule is CCCCCCOc1ccc(Br)cc1C(=O)NNC(=O)COc1ccc(Br)cc1. The highest BCUT2D eigenvalue weighted by molar-refractivity contribution is 9.10. The molecule has 6 nitrogen and oxygen atoms in total. The molecule has 2 aromatic carbocycles. The van der Waals surface area contributed by atoms with Gasteiger partial charge in [0.15, 0.2) is 6.61 Å². The lowest BCUT2D eigenvalue weighted by Crippen LogP contribution is -2.44. The monoisotopic (exact) mass is 526 g/mol. The van der Waals surface area contributed by atoms with Gasteiger partial charge in [0.2, 0.25) is 0 Å². The van der Waals surface area contributed by atoms with Crippen molar-refractivity contribution in [1.29, 1.82) is 0 Å². The van der Waals surface area contributed by atoms with E-state index in [9.17, 15) is 9.59 Å². The summed E-state index contributed by atoms with van der Waals surface area (Å²) in [6, 6.07) is 12.3. The summed E-state index contributed by atoms with van der Waals surface area (Å²) in [5.74, 6) is 0.0909. The van der Waals surface area contributed by atoms with Gasteiger partial charge < -0.3 is 9.47 Å². The van der Waals surface area contributed by atoms with E-state index >= 15 is 0 Å². The second-order valence-electron chi connectivity index (χ2n) is 6.29. The molecule has 2 amide bonds. The predicted molar refractivity (Wildman–Crippen MR) is 119 cm³/mol. The maximum Gasteiger partial charge on any atom is 0.276 e. The van der Waals surface area contributed by atoms with Crippen molar-refractivity contribution in [2.45, 2.75) is 32.6 Å². The van der Waals surface area contributed by atoms with Gasteiger partial charge in [-0.2, -0.15) is 0 Å². The van der Waals surface area contributed by atoms with Crippen LogP contribution in [0.4, 0.5) is 0 Å². The fraction of sp³-hybridized carbons (Fsp3) is 0.333. The number of rotatable bonds is 10. The van der Waals surface area contributed by atoms with Gasteiger partial charge >= 0.3 is 0 Å². The van der Waals surface area contributed by atoms with Crippen molar-refractivity contribution in [2.24, 2.45) is 0 Å². The predicted octanol–water partition coefficient (Wildman–Crippen LogP) is 5.01. The van der Waals surface area contributed by atoms with Crippen molar-refractivity contribution in [3.8, 4) is 11.5 Å². The molecule has 0 saturated carbocycles. The molecule has 0 fully saturated rings. The highest BCUT2D eigenvalue weighted by atomic mass is 79.9. The van der Waals surface area contributed by atoms with Crippen molar-refractivity contribution in [1.82, 2.24) is 10.9 Å². The van der Waals surface area contributed by atoms with E-state index in [2.05, 4.69) is 49.6 Å². The Labute approximate surface area is 187 Å². The fourth-order valence-corrected chi connectivity index (χ4v) is 3.05. The molecule has 0 bridgehead atoms. The van der Waals surface area contributed by atoms with E-state index in [0.717, 1.165) is 34.6 Å². The van der Waals surface area contributed by atoms with E-state index in [1.807, 2.05) is 18.2 Å². The summed E-state index contributed by atoms with van der Waals surface area (Å²) >= 11 is 6.69. The second-order valence-corrected chi connectivity index (χ2v) is 8.13. The van der Waals surface area contributed by atoms with Gasteiger partial charge in [-0.05, 0) is 48.9 Å². The van der Waals surface area contributed by atoms with E-state index in [-0.39, 0.29) is 6.61 Å². The lowest BCUT2D eigenvalue weighted by Gasteiger charge is -2.13. The first-order valence-electron chi connectivity index (χ1n) is 9.39. The van der Waals surface area contributed by atoms with Crippen LogP contribution in [0.15, 0.2) is 51.4 Å². The number of unbranched alkanes of at least 4 members (excludes halogenated alkanes) is 3. The van der Waals surface area contributed by atoms with Gasteiger partial charge in [0.05, 0.1) is 12.2 Å². The molecule has 156 valence electrons. The number of carbonyl (C=O) groups excluding carboxylic acids is 2. The van der Waals surface area contributed by atoms with Crippen LogP contribution in [0.25, 0.3) is 0 Å². The van der Waals surface area contributed by atoms with Crippen molar-refractivity contribution in [2.75, 3.05) is 13.2 Å². The Balaban J connectivity index is 1.84. The van der Waals surface area contributed by atoms with E-state index in [1.165, 1.54) is 0 Å². The Hall–Kier alpha value is -2.06. The smallest absolute Gasteiger partial charge is 0.276 e. The molecule has 8 heteroatoms. The number of hydrogen-bond acceptors (Lipinski definition) is 4. The Morgan fingerprint density at radius 3 is 2.34 bits per heavy atom. The molecule has 2 aromatic rings. The molecular weight excluding hydrogens is 504 g/mol. The number of amides is 2. The highest BCUT2D eigenvalue weighted by Gasteiger charge is 2.14. The van der Waals surface area contributed by atoms with Crippen molar-refractivity contribution < 1.29 is 19.1 Å². The summed E-state index contributed by atoms with van der Waals surface area (Å²) in [5.41, 5.74) is 5.08. The van der Waals surface area contributed by atoms with E-state index < -0.39 is 11.8 Å². The number of hydrogen-bond donors (Lipinski definition) is 2. The number of ether oxygens (including phenoxy) is 2. The molecule has 2 N–H and O–H groups in total. The van der Waals surface area contributed by atoms with Crippen LogP contribution in [-0.4, -0.2) is 25.0 Å². The summed E-state index contributed by atoms with van der Waals surface area (Å²) in [5, 5.41) is 0. The van der Waals surface area contributed by atoms with Crippen molar-refractivity contribution in [3.05, 3.63) is 57.0 Å². The molecule has 0 unspecified atom stereocenters. The lowest BCUT2D eigenvalue weighted by molar-refractivity contribution is -0.123. The molecule has 0 heterocycles. The Morgan fingerprint density at radius 1 is 0.897 bits per heavy atom. The van der Waals surface area contributed by atoms with Gasteiger partial charge in [-0.1, -0.05) is 58.0 Å². The zero-order valence-electron chi connectivity index (χ0n) is 16.2. The standard InChI is InChI=1S/C21H24Br2N2O4/c1-2-3-4-5-12-28-19-11-8-16(23)13-18(19)21(27)25-24-20(26)14-29-17-9-6-15(22)7-10-17/h6-11,13H,2-5,12,14H2,1H3,(H,24,26)(H,25,27). The molecule has 0 spiro atoms. The van der Waals surface area contributed by atoms with Gasteiger partial charge in [-0.3, -0.25) is 20.4 Å². The molecule has 0 aliphatic heterocycles. The van der Waals surface area contributed by atoms with Crippen LogP contribution in [0.2, 0.25) is 0 Å². The van der Waals surface area contributed by atoms with Crippen LogP contribution in [0.3, 0.4) is 0 Å². The Bertz CT molecular complexity index is 813. The minimum Gasteiger partial charge on any atom is -0.493 e. The van der Waals surface area contributed by atoms with Gasteiger partial charge in [-0.25, -0.2) is 0 Å². The fourth-order valence-electron chi connectivity index (χ4n) is 2.43. The number of nitrogens with one attached hydrogen (secondary N) is 2. The summed E-state index contributed by atoms with van der Waals surface area (Å²) < 4.78 is 12.8. The number of carbonyl (C=O) groups is 2. The molecule has 0 aromatic heterocycles. The zero-order chi connectivity index (χ0) is 21.1. The summed E-state index contributed by atoms with van der Waals surface area (Å²) in [4.78, 5) is 24.4. The van der Waals surface area contributed by atoms with Crippen LogP contribution < -0.4 is 20.3 Å². The third-order valence-corrected chi connectivity index (χ3v) is 4.96. The van der Waals surface area contributed by atoms with Crippen LogP contribution >= 0.6 is 31.9 Å². The number of halogens is 2. The van der Waals surface area contributed by atoms with Crippen LogP contribution in [0, 0.1) is 0 Å². The highest BCUT2D eigenvalue weighted by Crippen LogP contribution is 2.23. The Kier molecular flexibility index (Phi) is 10.0.